The van der Waals surface area contributed by atoms with E-state index in [-0.39, 0.29) is 12.0 Å². The minimum Gasteiger partial charge on any atom is -0.324 e. The zero-order valence-corrected chi connectivity index (χ0v) is 11.4. The molecule has 19 heavy (non-hydrogen) atoms. The lowest BCUT2D eigenvalue weighted by Crippen LogP contribution is -2.12. The van der Waals surface area contributed by atoms with Gasteiger partial charge in [0.2, 0.25) is 0 Å². The fourth-order valence-corrected chi connectivity index (χ4v) is 3.96. The van der Waals surface area contributed by atoms with Gasteiger partial charge in [0.15, 0.2) is 11.2 Å². The van der Waals surface area contributed by atoms with Crippen molar-refractivity contribution in [2.24, 2.45) is 0 Å². The van der Waals surface area contributed by atoms with E-state index in [1.807, 2.05) is 0 Å². The van der Waals surface area contributed by atoms with Gasteiger partial charge in [0.05, 0.1) is 0 Å². The normalized spacial score (nSPS) is 12.7. The maximum absolute atomic E-state index is 11.7. The first-order valence-corrected chi connectivity index (χ1v) is 8.52. The molecule has 0 unspecified atom stereocenters. The minimum atomic E-state index is -4.98. The van der Waals surface area contributed by atoms with Crippen molar-refractivity contribution in [3.05, 3.63) is 30.1 Å². The summed E-state index contributed by atoms with van der Waals surface area (Å²) in [6.45, 7) is 0. The topological polar surface area (TPSA) is 145 Å². The molecule has 0 saturated heterocycles. The summed E-state index contributed by atoms with van der Waals surface area (Å²) in [4.78, 5) is 50.9. The fraction of sp³-hybridized carbons (Fsp3) is 0.333. The largest absolute Gasteiger partial charge is 0.340 e. The van der Waals surface area contributed by atoms with Crippen LogP contribution in [0, 0.1) is 0 Å². The Bertz CT molecular complexity index is 513. The Hall–Kier alpha value is -0.880. The van der Waals surface area contributed by atoms with E-state index in [1.165, 1.54) is 24.5 Å². The molecule has 0 spiro atoms. The van der Waals surface area contributed by atoms with Crippen LogP contribution in [0.2, 0.25) is 0 Å². The number of carbonyl (C=O) groups excluding carboxylic acids is 1. The summed E-state index contributed by atoms with van der Waals surface area (Å²) in [5.41, 5.74) is 0.220. The standard InChI is InChI=1S/C9H13NO7P2/c11-8(7-2-1-5-10-6-7)3-4-9(18(12,13)14)19(15,16)17/h1-2,5-6,9H,3-4H2,(H2,12,13,14)(H2,15,16,17). The Morgan fingerprint density at radius 3 is 2.21 bits per heavy atom. The van der Waals surface area contributed by atoms with Gasteiger partial charge in [0.25, 0.3) is 0 Å². The lowest BCUT2D eigenvalue weighted by molar-refractivity contribution is 0.0980. The summed E-state index contributed by atoms with van der Waals surface area (Å²) in [6, 6.07) is 2.97. The number of rotatable bonds is 6. The van der Waals surface area contributed by atoms with Crippen molar-refractivity contribution in [3.63, 3.8) is 0 Å². The summed E-state index contributed by atoms with van der Waals surface area (Å²) < 4.78 is 22.0. The summed E-state index contributed by atoms with van der Waals surface area (Å²) in [7, 11) is -9.95. The first-order chi connectivity index (χ1) is 8.62. The van der Waals surface area contributed by atoms with Gasteiger partial charge >= 0.3 is 15.2 Å². The van der Waals surface area contributed by atoms with E-state index in [4.69, 9.17) is 19.6 Å². The maximum atomic E-state index is 11.7. The quantitative estimate of drug-likeness (QED) is 0.444. The van der Waals surface area contributed by atoms with Gasteiger partial charge in [0.1, 0.15) is 0 Å². The van der Waals surface area contributed by atoms with Gasteiger partial charge in [-0.3, -0.25) is 18.9 Å². The van der Waals surface area contributed by atoms with Crippen molar-refractivity contribution < 1.29 is 33.5 Å². The number of Topliss-reactive ketones (excluding diaryl/α,β-unsaturated/α-hetero) is 1. The Balaban J connectivity index is 2.77. The molecule has 1 aromatic rings. The van der Waals surface area contributed by atoms with Crippen LogP contribution in [-0.4, -0.2) is 35.7 Å². The highest BCUT2D eigenvalue weighted by atomic mass is 31.2. The van der Waals surface area contributed by atoms with E-state index >= 15 is 0 Å². The van der Waals surface area contributed by atoms with E-state index in [1.54, 1.807) is 0 Å². The third-order valence-corrected chi connectivity index (χ3v) is 6.26. The number of hydrogen-bond acceptors (Lipinski definition) is 4. The number of pyridine rings is 1. The molecular formula is C9H13NO7P2. The molecule has 0 fully saturated rings. The van der Waals surface area contributed by atoms with Crippen molar-refractivity contribution in [1.29, 1.82) is 0 Å². The first-order valence-electron chi connectivity index (χ1n) is 5.16. The molecule has 0 radical (unpaired) electrons. The third-order valence-electron chi connectivity index (χ3n) is 2.39. The number of carbonyl (C=O) groups is 1. The number of aromatic nitrogens is 1. The predicted octanol–water partition coefficient (Wildman–Crippen LogP) is 0.726. The highest BCUT2D eigenvalue weighted by molar-refractivity contribution is 7.70. The molecule has 0 saturated carbocycles. The minimum absolute atomic E-state index is 0.220. The fourth-order valence-electron chi connectivity index (χ4n) is 1.46. The molecule has 0 amide bonds. The second-order valence-corrected chi connectivity index (χ2v) is 7.87. The number of ketones is 1. The molecule has 0 bridgehead atoms. The van der Waals surface area contributed by atoms with Crippen LogP contribution < -0.4 is 0 Å². The zero-order chi connectivity index (χ0) is 14.7. The second-order valence-electron chi connectivity index (χ2n) is 3.86. The molecule has 0 aliphatic rings. The number of nitrogens with zero attached hydrogens (tertiary/aromatic N) is 1. The van der Waals surface area contributed by atoms with E-state index in [0.717, 1.165) is 0 Å². The zero-order valence-electron chi connectivity index (χ0n) is 9.66. The van der Waals surface area contributed by atoms with Crippen LogP contribution in [0.5, 0.6) is 0 Å². The monoisotopic (exact) mass is 309 g/mol. The highest BCUT2D eigenvalue weighted by Crippen LogP contribution is 2.61. The van der Waals surface area contributed by atoms with Crippen molar-refractivity contribution in [2.75, 3.05) is 0 Å². The van der Waals surface area contributed by atoms with Crippen molar-refractivity contribution in [2.45, 2.75) is 18.2 Å². The van der Waals surface area contributed by atoms with E-state index in [9.17, 15) is 13.9 Å². The Morgan fingerprint density at radius 1 is 1.21 bits per heavy atom. The smallest absolute Gasteiger partial charge is 0.324 e. The average Bonchev–Trinajstić information content (AvgIpc) is 2.26. The predicted molar refractivity (Wildman–Crippen MR) is 65.7 cm³/mol. The van der Waals surface area contributed by atoms with Gasteiger partial charge in [-0.05, 0) is 18.6 Å². The molecular weight excluding hydrogens is 296 g/mol. The van der Waals surface area contributed by atoms with Gasteiger partial charge in [0, 0.05) is 24.4 Å². The van der Waals surface area contributed by atoms with Crippen molar-refractivity contribution >= 4 is 21.0 Å². The Labute approximate surface area is 108 Å². The second kappa shape index (κ2) is 6.05. The van der Waals surface area contributed by atoms with Gasteiger partial charge in [-0.1, -0.05) is 0 Å². The van der Waals surface area contributed by atoms with E-state index < -0.39 is 32.8 Å². The van der Waals surface area contributed by atoms with Crippen LogP contribution in [-0.2, 0) is 9.13 Å². The average molecular weight is 309 g/mol. The molecule has 0 atom stereocenters. The van der Waals surface area contributed by atoms with Crippen LogP contribution in [0.25, 0.3) is 0 Å². The lowest BCUT2D eigenvalue weighted by Gasteiger charge is -2.18. The Morgan fingerprint density at radius 2 is 1.79 bits per heavy atom. The third kappa shape index (κ3) is 4.95. The molecule has 0 aromatic carbocycles. The molecule has 8 nitrogen and oxygen atoms in total. The van der Waals surface area contributed by atoms with Gasteiger partial charge in [-0.15, -0.1) is 0 Å². The SMILES string of the molecule is O=C(CCC(P(=O)(O)O)P(=O)(O)O)c1cccnc1. The molecule has 1 rings (SSSR count). The van der Waals surface area contributed by atoms with Crippen molar-refractivity contribution in [3.8, 4) is 0 Å². The lowest BCUT2D eigenvalue weighted by atomic mass is 10.1. The molecule has 1 aromatic heterocycles. The van der Waals surface area contributed by atoms with Crippen molar-refractivity contribution in [1.82, 2.24) is 4.98 Å². The molecule has 1 heterocycles. The van der Waals surface area contributed by atoms with Crippen LogP contribution in [0.15, 0.2) is 24.5 Å². The molecule has 10 heteroatoms. The summed E-state index contributed by atoms with van der Waals surface area (Å²) in [5.74, 6) is -0.486. The molecule has 0 aliphatic carbocycles. The van der Waals surface area contributed by atoms with Crippen LogP contribution in [0.3, 0.4) is 0 Å². The van der Waals surface area contributed by atoms with Gasteiger partial charge in [-0.2, -0.15) is 0 Å². The van der Waals surface area contributed by atoms with Gasteiger partial charge in [-0.25, -0.2) is 0 Å². The molecule has 4 N–H and O–H groups in total. The number of hydrogen-bond donors (Lipinski definition) is 4. The van der Waals surface area contributed by atoms with E-state index in [2.05, 4.69) is 4.98 Å². The molecule has 0 aliphatic heterocycles. The first kappa shape index (κ1) is 16.2. The molecule has 106 valence electrons. The maximum Gasteiger partial charge on any atom is 0.340 e. The van der Waals surface area contributed by atoms with Crippen LogP contribution >= 0.6 is 15.2 Å². The van der Waals surface area contributed by atoms with Crippen LogP contribution in [0.1, 0.15) is 23.2 Å². The van der Waals surface area contributed by atoms with Crippen LogP contribution in [0.4, 0.5) is 0 Å². The summed E-state index contributed by atoms with van der Waals surface area (Å²) in [6.07, 6.45) is 1.74. The Kier molecular flexibility index (Phi) is 5.15. The highest BCUT2D eigenvalue weighted by Gasteiger charge is 2.43. The summed E-state index contributed by atoms with van der Waals surface area (Å²) in [5, 5.41) is -2.15. The van der Waals surface area contributed by atoms with E-state index in [0.29, 0.717) is 0 Å². The summed E-state index contributed by atoms with van der Waals surface area (Å²) >= 11 is 0. The van der Waals surface area contributed by atoms with Gasteiger partial charge < -0.3 is 19.6 Å².